The fourth-order valence-electron chi connectivity index (χ4n) is 1.70. The number of aromatic amines is 1. The monoisotopic (exact) mass is 368 g/mol. The van der Waals surface area contributed by atoms with Crippen LogP contribution in [0.5, 0.6) is 0 Å². The summed E-state index contributed by atoms with van der Waals surface area (Å²) in [7, 11) is 0. The molecule has 0 spiro atoms. The highest BCUT2D eigenvalue weighted by atomic mass is 79.9. The number of hydrogen-bond donors (Lipinski definition) is 2. The molecule has 1 aromatic carbocycles. The van der Waals surface area contributed by atoms with E-state index in [1.807, 2.05) is 0 Å². The van der Waals surface area contributed by atoms with Crippen molar-refractivity contribution < 1.29 is 14.4 Å². The Morgan fingerprint density at radius 1 is 1.43 bits per heavy atom. The lowest BCUT2D eigenvalue weighted by Crippen LogP contribution is -1.99. The van der Waals surface area contributed by atoms with Crippen molar-refractivity contribution in [2.24, 2.45) is 0 Å². The molecule has 0 saturated heterocycles. The molecule has 0 saturated carbocycles. The van der Waals surface area contributed by atoms with Gasteiger partial charge in [-0.1, -0.05) is 16.8 Å². The molecule has 2 aromatic heterocycles. The van der Waals surface area contributed by atoms with Crippen LogP contribution >= 0.6 is 27.5 Å². The van der Waals surface area contributed by atoms with Crippen molar-refractivity contribution >= 4 is 33.5 Å². The van der Waals surface area contributed by atoms with Gasteiger partial charge in [-0.2, -0.15) is 4.98 Å². The molecule has 0 unspecified atom stereocenters. The van der Waals surface area contributed by atoms with Crippen LogP contribution in [0.2, 0.25) is 5.02 Å². The molecule has 0 bridgehead atoms. The Morgan fingerprint density at radius 3 is 2.95 bits per heavy atom. The molecule has 2 N–H and O–H groups in total. The largest absolute Gasteiger partial charge is 0.476 e. The summed E-state index contributed by atoms with van der Waals surface area (Å²) in [6, 6.07) is 5.16. The van der Waals surface area contributed by atoms with Crippen molar-refractivity contribution in [3.05, 3.63) is 39.7 Å². The summed E-state index contributed by atoms with van der Waals surface area (Å²) in [6.45, 7) is 0. The molecule has 7 nitrogen and oxygen atoms in total. The average molecular weight is 370 g/mol. The summed E-state index contributed by atoms with van der Waals surface area (Å²) in [5, 5.41) is 13.4. The molecule has 3 rings (SSSR count). The van der Waals surface area contributed by atoms with E-state index < -0.39 is 5.97 Å². The minimum atomic E-state index is -1.18. The smallest absolute Gasteiger partial charge is 0.356 e. The summed E-state index contributed by atoms with van der Waals surface area (Å²) in [5.74, 6) is -0.820. The average Bonchev–Trinajstić information content (AvgIpc) is 3.09. The van der Waals surface area contributed by atoms with Crippen molar-refractivity contribution in [2.45, 2.75) is 0 Å². The topological polar surface area (TPSA) is 105 Å². The zero-order valence-corrected chi connectivity index (χ0v) is 12.5. The number of rotatable bonds is 3. The molecule has 0 radical (unpaired) electrons. The second kappa shape index (κ2) is 5.30. The zero-order chi connectivity index (χ0) is 15.0. The predicted molar refractivity (Wildman–Crippen MR) is 77.0 cm³/mol. The number of carboxylic acid groups (broad SMARTS) is 1. The van der Waals surface area contributed by atoms with Crippen LogP contribution in [0.4, 0.5) is 0 Å². The highest BCUT2D eigenvalue weighted by molar-refractivity contribution is 9.10. The standard InChI is InChI=1S/C12H6BrClN4O3/c13-6-3-5(1-2-7(6)14)10-17-11(21-18-10)8-9(12(19)20)16-4-15-8/h1-4H,(H,15,16)(H,19,20). The van der Waals surface area contributed by atoms with E-state index in [9.17, 15) is 4.79 Å². The zero-order valence-electron chi connectivity index (χ0n) is 10.2. The van der Waals surface area contributed by atoms with Crippen LogP contribution in [0.3, 0.4) is 0 Å². The van der Waals surface area contributed by atoms with E-state index in [2.05, 4.69) is 36.0 Å². The van der Waals surface area contributed by atoms with Crippen molar-refractivity contribution in [1.82, 2.24) is 20.1 Å². The number of halogens is 2. The number of nitrogens with one attached hydrogen (secondary N) is 1. The number of aromatic nitrogens is 4. The summed E-state index contributed by atoms with van der Waals surface area (Å²) in [6.07, 6.45) is 1.25. The molecule has 3 aromatic rings. The highest BCUT2D eigenvalue weighted by Crippen LogP contribution is 2.28. The fourth-order valence-corrected chi connectivity index (χ4v) is 2.19. The lowest BCUT2D eigenvalue weighted by molar-refractivity contribution is 0.0691. The van der Waals surface area contributed by atoms with E-state index in [0.717, 1.165) is 0 Å². The number of benzene rings is 1. The van der Waals surface area contributed by atoms with Crippen LogP contribution in [0, 0.1) is 0 Å². The second-order valence-electron chi connectivity index (χ2n) is 3.98. The quantitative estimate of drug-likeness (QED) is 0.734. The minimum absolute atomic E-state index is 0.0472. The maximum absolute atomic E-state index is 11.0. The van der Waals surface area contributed by atoms with E-state index in [0.29, 0.717) is 20.9 Å². The molecule has 0 fully saturated rings. The SMILES string of the molecule is O=C(O)c1nc[nH]c1-c1nc(-c2ccc(Cl)c(Br)c2)no1. The van der Waals surface area contributed by atoms with Gasteiger partial charge in [-0.15, -0.1) is 0 Å². The van der Waals surface area contributed by atoms with E-state index in [-0.39, 0.29) is 17.3 Å². The summed E-state index contributed by atoms with van der Waals surface area (Å²) < 4.78 is 5.78. The summed E-state index contributed by atoms with van der Waals surface area (Å²) in [4.78, 5) is 21.5. The third kappa shape index (κ3) is 2.55. The van der Waals surface area contributed by atoms with Gasteiger partial charge >= 0.3 is 5.97 Å². The molecule has 0 aliphatic heterocycles. The van der Waals surface area contributed by atoms with Gasteiger partial charge in [0.2, 0.25) is 5.82 Å². The molecule has 0 aliphatic rings. The Balaban J connectivity index is 2.01. The Morgan fingerprint density at radius 2 is 2.24 bits per heavy atom. The second-order valence-corrected chi connectivity index (χ2v) is 5.24. The number of hydrogen-bond acceptors (Lipinski definition) is 5. The third-order valence-corrected chi connectivity index (χ3v) is 3.87. The maximum Gasteiger partial charge on any atom is 0.356 e. The van der Waals surface area contributed by atoms with E-state index in [1.165, 1.54) is 6.33 Å². The molecular formula is C12H6BrClN4O3. The molecular weight excluding hydrogens is 364 g/mol. The number of aromatic carboxylic acids is 1. The normalized spacial score (nSPS) is 10.8. The Labute approximate surface area is 131 Å². The number of imidazole rings is 1. The Bertz CT molecular complexity index is 830. The van der Waals surface area contributed by atoms with Crippen LogP contribution in [-0.4, -0.2) is 31.2 Å². The Kier molecular flexibility index (Phi) is 3.48. The van der Waals surface area contributed by atoms with Gasteiger partial charge in [0.25, 0.3) is 5.89 Å². The lowest BCUT2D eigenvalue weighted by Gasteiger charge is -1.97. The van der Waals surface area contributed by atoms with E-state index in [1.54, 1.807) is 18.2 Å². The number of carbonyl (C=O) groups is 1. The van der Waals surface area contributed by atoms with Gasteiger partial charge in [0.1, 0.15) is 5.69 Å². The van der Waals surface area contributed by atoms with Crippen LogP contribution in [0.15, 0.2) is 33.5 Å². The van der Waals surface area contributed by atoms with Gasteiger partial charge in [0, 0.05) is 10.0 Å². The molecule has 0 aliphatic carbocycles. The number of nitrogens with zero attached hydrogens (tertiary/aromatic N) is 3. The first kappa shape index (κ1) is 13.8. The third-order valence-electron chi connectivity index (χ3n) is 2.66. The lowest BCUT2D eigenvalue weighted by atomic mass is 10.2. The van der Waals surface area contributed by atoms with Crippen LogP contribution in [0.25, 0.3) is 23.0 Å². The molecule has 2 heterocycles. The summed E-state index contributed by atoms with van der Waals surface area (Å²) >= 11 is 9.23. The molecule has 0 atom stereocenters. The fraction of sp³-hybridized carbons (Fsp3) is 0. The van der Waals surface area contributed by atoms with Gasteiger partial charge in [-0.05, 0) is 34.1 Å². The number of H-pyrrole nitrogens is 1. The van der Waals surface area contributed by atoms with Crippen LogP contribution in [-0.2, 0) is 0 Å². The van der Waals surface area contributed by atoms with E-state index >= 15 is 0 Å². The van der Waals surface area contributed by atoms with Crippen molar-refractivity contribution in [2.75, 3.05) is 0 Å². The van der Waals surface area contributed by atoms with Gasteiger partial charge in [0.15, 0.2) is 5.69 Å². The first-order valence-electron chi connectivity index (χ1n) is 5.62. The van der Waals surface area contributed by atoms with Gasteiger partial charge in [-0.25, -0.2) is 9.78 Å². The van der Waals surface area contributed by atoms with Gasteiger partial charge < -0.3 is 14.6 Å². The highest BCUT2D eigenvalue weighted by Gasteiger charge is 2.20. The van der Waals surface area contributed by atoms with E-state index in [4.69, 9.17) is 21.2 Å². The predicted octanol–water partition coefficient (Wildman–Crippen LogP) is 3.24. The maximum atomic E-state index is 11.0. The molecule has 0 amide bonds. The first-order valence-corrected chi connectivity index (χ1v) is 6.79. The minimum Gasteiger partial charge on any atom is -0.476 e. The van der Waals surface area contributed by atoms with Crippen molar-refractivity contribution in [3.63, 3.8) is 0 Å². The molecule has 9 heteroatoms. The summed E-state index contributed by atoms with van der Waals surface area (Å²) in [5.41, 5.74) is 0.662. The molecule has 21 heavy (non-hydrogen) atoms. The molecule has 106 valence electrons. The van der Waals surface area contributed by atoms with Crippen LogP contribution in [0.1, 0.15) is 10.5 Å². The first-order chi connectivity index (χ1) is 10.1. The van der Waals surface area contributed by atoms with Gasteiger partial charge in [0.05, 0.1) is 11.3 Å². The Hall–Kier alpha value is -2.19. The van der Waals surface area contributed by atoms with Crippen LogP contribution < -0.4 is 0 Å². The number of carboxylic acids is 1. The van der Waals surface area contributed by atoms with Crippen molar-refractivity contribution in [1.29, 1.82) is 0 Å². The van der Waals surface area contributed by atoms with Crippen molar-refractivity contribution in [3.8, 4) is 23.0 Å². The van der Waals surface area contributed by atoms with Gasteiger partial charge in [-0.3, -0.25) is 0 Å².